The second kappa shape index (κ2) is 4.88. The van der Waals surface area contributed by atoms with Crippen LogP contribution in [-0.4, -0.2) is 19.1 Å². The Morgan fingerprint density at radius 2 is 1.88 bits per heavy atom. The lowest BCUT2D eigenvalue weighted by molar-refractivity contribution is 0.455. The van der Waals surface area contributed by atoms with Gasteiger partial charge < -0.3 is 10.6 Å². The third-order valence-corrected chi connectivity index (χ3v) is 3.39. The Balaban J connectivity index is 3.03. The highest BCUT2D eigenvalue weighted by molar-refractivity contribution is 5.56. The maximum absolute atomic E-state index is 5.67. The van der Waals surface area contributed by atoms with Gasteiger partial charge in [0.05, 0.1) is 0 Å². The van der Waals surface area contributed by atoms with Gasteiger partial charge in [0.2, 0.25) is 0 Å². The molecule has 0 spiro atoms. The first-order chi connectivity index (χ1) is 7.38. The van der Waals surface area contributed by atoms with Crippen molar-refractivity contribution in [1.82, 2.24) is 0 Å². The van der Waals surface area contributed by atoms with E-state index in [1.54, 1.807) is 0 Å². The summed E-state index contributed by atoms with van der Waals surface area (Å²) in [6.45, 7) is 9.49. The van der Waals surface area contributed by atoms with Crippen LogP contribution < -0.4 is 10.6 Å². The summed E-state index contributed by atoms with van der Waals surface area (Å²) in [4.78, 5) is 2.34. The first-order valence-electron chi connectivity index (χ1n) is 5.89. The van der Waals surface area contributed by atoms with Crippen LogP contribution in [0.25, 0.3) is 0 Å². The first kappa shape index (κ1) is 13.0. The SMILES string of the molecule is Cc1ccc(C)c(N(C)C(C)(C)CCN)c1. The van der Waals surface area contributed by atoms with Gasteiger partial charge >= 0.3 is 0 Å². The molecule has 2 N–H and O–H groups in total. The zero-order chi connectivity index (χ0) is 12.3. The number of hydrogen-bond donors (Lipinski definition) is 1. The van der Waals surface area contributed by atoms with E-state index in [0.717, 1.165) is 13.0 Å². The first-order valence-corrected chi connectivity index (χ1v) is 5.89. The molecule has 1 aromatic rings. The van der Waals surface area contributed by atoms with Crippen LogP contribution in [0.15, 0.2) is 18.2 Å². The van der Waals surface area contributed by atoms with Crippen LogP contribution in [-0.2, 0) is 0 Å². The van der Waals surface area contributed by atoms with E-state index in [9.17, 15) is 0 Å². The van der Waals surface area contributed by atoms with Gasteiger partial charge in [-0.15, -0.1) is 0 Å². The van der Waals surface area contributed by atoms with Gasteiger partial charge in [0.25, 0.3) is 0 Å². The van der Waals surface area contributed by atoms with Gasteiger partial charge in [-0.25, -0.2) is 0 Å². The van der Waals surface area contributed by atoms with E-state index in [4.69, 9.17) is 5.73 Å². The standard InChI is InChI=1S/C14H24N2/c1-11-6-7-12(2)13(10-11)16(5)14(3,4)8-9-15/h6-7,10H,8-9,15H2,1-5H3. The molecule has 1 aromatic carbocycles. The van der Waals surface area contributed by atoms with Crippen molar-refractivity contribution in [3.05, 3.63) is 29.3 Å². The van der Waals surface area contributed by atoms with Gasteiger partial charge in [-0.2, -0.15) is 0 Å². The maximum atomic E-state index is 5.67. The Labute approximate surface area is 99.5 Å². The predicted molar refractivity (Wildman–Crippen MR) is 72.1 cm³/mol. The number of nitrogens with zero attached hydrogens (tertiary/aromatic N) is 1. The molecule has 0 atom stereocenters. The lowest BCUT2D eigenvalue weighted by Gasteiger charge is -2.38. The monoisotopic (exact) mass is 220 g/mol. The number of hydrogen-bond acceptors (Lipinski definition) is 2. The van der Waals surface area contributed by atoms with Gasteiger partial charge in [0.1, 0.15) is 0 Å². The molecular formula is C14H24N2. The summed E-state index contributed by atoms with van der Waals surface area (Å²) in [5.41, 5.74) is 9.70. The fraction of sp³-hybridized carbons (Fsp3) is 0.571. The minimum Gasteiger partial charge on any atom is -0.369 e. The molecule has 0 aromatic heterocycles. The Morgan fingerprint density at radius 1 is 1.25 bits per heavy atom. The van der Waals surface area contributed by atoms with Gasteiger partial charge in [0, 0.05) is 18.3 Å². The molecule has 0 aliphatic carbocycles. The third-order valence-electron chi connectivity index (χ3n) is 3.39. The van der Waals surface area contributed by atoms with Crippen LogP contribution in [0, 0.1) is 13.8 Å². The summed E-state index contributed by atoms with van der Waals surface area (Å²) in [6.07, 6.45) is 0.997. The Bertz CT molecular complexity index is 356. The highest BCUT2D eigenvalue weighted by Gasteiger charge is 2.23. The van der Waals surface area contributed by atoms with Crippen molar-refractivity contribution in [3.63, 3.8) is 0 Å². The molecule has 0 unspecified atom stereocenters. The van der Waals surface area contributed by atoms with Gasteiger partial charge in [-0.1, -0.05) is 12.1 Å². The Kier molecular flexibility index (Phi) is 3.98. The molecule has 0 saturated heterocycles. The largest absolute Gasteiger partial charge is 0.369 e. The van der Waals surface area contributed by atoms with E-state index < -0.39 is 0 Å². The number of rotatable bonds is 4. The summed E-state index contributed by atoms with van der Waals surface area (Å²) >= 11 is 0. The Morgan fingerprint density at radius 3 is 2.44 bits per heavy atom. The highest BCUT2D eigenvalue weighted by Crippen LogP contribution is 2.28. The van der Waals surface area contributed by atoms with Crippen LogP contribution in [0.4, 0.5) is 5.69 Å². The molecule has 0 heterocycles. The predicted octanol–water partition coefficient (Wildman–Crippen LogP) is 2.87. The molecule has 2 heteroatoms. The van der Waals surface area contributed by atoms with Crippen LogP contribution >= 0.6 is 0 Å². The molecular weight excluding hydrogens is 196 g/mol. The quantitative estimate of drug-likeness (QED) is 0.845. The van der Waals surface area contributed by atoms with Crippen molar-refractivity contribution in [3.8, 4) is 0 Å². The molecule has 0 radical (unpaired) electrons. The number of aryl methyl sites for hydroxylation is 2. The lowest BCUT2D eigenvalue weighted by Crippen LogP contribution is -2.43. The molecule has 16 heavy (non-hydrogen) atoms. The van der Waals surface area contributed by atoms with Gasteiger partial charge in [-0.05, 0) is 57.9 Å². The second-order valence-electron chi connectivity index (χ2n) is 5.20. The zero-order valence-corrected chi connectivity index (χ0v) is 11.2. The second-order valence-corrected chi connectivity index (χ2v) is 5.20. The third kappa shape index (κ3) is 2.76. The minimum absolute atomic E-state index is 0.104. The van der Waals surface area contributed by atoms with Crippen molar-refractivity contribution in [2.24, 2.45) is 5.73 Å². The fourth-order valence-electron chi connectivity index (χ4n) is 1.93. The van der Waals surface area contributed by atoms with E-state index >= 15 is 0 Å². The number of anilines is 1. The Hall–Kier alpha value is -1.02. The van der Waals surface area contributed by atoms with E-state index in [2.05, 4.69) is 57.8 Å². The van der Waals surface area contributed by atoms with Crippen LogP contribution in [0.3, 0.4) is 0 Å². The van der Waals surface area contributed by atoms with Crippen molar-refractivity contribution < 1.29 is 0 Å². The molecule has 0 fully saturated rings. The summed E-state index contributed by atoms with van der Waals surface area (Å²) in [5.74, 6) is 0. The minimum atomic E-state index is 0.104. The van der Waals surface area contributed by atoms with E-state index in [1.165, 1.54) is 16.8 Å². The molecule has 90 valence electrons. The number of nitrogens with two attached hydrogens (primary N) is 1. The van der Waals surface area contributed by atoms with Crippen LogP contribution in [0.2, 0.25) is 0 Å². The molecule has 0 aliphatic heterocycles. The summed E-state index contributed by atoms with van der Waals surface area (Å²) in [6, 6.07) is 6.58. The van der Waals surface area contributed by atoms with Crippen LogP contribution in [0.1, 0.15) is 31.4 Å². The summed E-state index contributed by atoms with van der Waals surface area (Å²) in [7, 11) is 2.15. The average Bonchev–Trinajstić information content (AvgIpc) is 2.20. The van der Waals surface area contributed by atoms with Crippen LogP contribution in [0.5, 0.6) is 0 Å². The number of benzene rings is 1. The topological polar surface area (TPSA) is 29.3 Å². The van der Waals surface area contributed by atoms with E-state index in [-0.39, 0.29) is 5.54 Å². The maximum Gasteiger partial charge on any atom is 0.0400 e. The van der Waals surface area contributed by atoms with Crippen molar-refractivity contribution >= 4 is 5.69 Å². The van der Waals surface area contributed by atoms with E-state index in [1.807, 2.05) is 0 Å². The summed E-state index contributed by atoms with van der Waals surface area (Å²) < 4.78 is 0. The average molecular weight is 220 g/mol. The van der Waals surface area contributed by atoms with Gasteiger partial charge in [-0.3, -0.25) is 0 Å². The van der Waals surface area contributed by atoms with Crippen molar-refractivity contribution in [2.75, 3.05) is 18.5 Å². The fourth-order valence-corrected chi connectivity index (χ4v) is 1.93. The van der Waals surface area contributed by atoms with E-state index in [0.29, 0.717) is 0 Å². The van der Waals surface area contributed by atoms with Crippen molar-refractivity contribution in [2.45, 2.75) is 39.7 Å². The molecule has 0 amide bonds. The normalized spacial score (nSPS) is 11.6. The highest BCUT2D eigenvalue weighted by atomic mass is 15.2. The molecule has 0 bridgehead atoms. The van der Waals surface area contributed by atoms with Crippen molar-refractivity contribution in [1.29, 1.82) is 0 Å². The lowest BCUT2D eigenvalue weighted by atomic mass is 9.96. The smallest absolute Gasteiger partial charge is 0.0400 e. The molecule has 2 nitrogen and oxygen atoms in total. The molecule has 0 aliphatic rings. The summed E-state index contributed by atoms with van der Waals surface area (Å²) in [5, 5.41) is 0. The zero-order valence-electron chi connectivity index (χ0n) is 11.2. The molecule has 1 rings (SSSR count). The van der Waals surface area contributed by atoms with Gasteiger partial charge in [0.15, 0.2) is 0 Å². The molecule has 0 saturated carbocycles.